The van der Waals surface area contributed by atoms with Gasteiger partial charge >= 0.3 is 0 Å². The maximum Gasteiger partial charge on any atom is 0.0847 e. The third-order valence-electron chi connectivity index (χ3n) is 5.46. The van der Waals surface area contributed by atoms with Crippen molar-refractivity contribution in [3.63, 3.8) is 0 Å². The summed E-state index contributed by atoms with van der Waals surface area (Å²) in [5.41, 5.74) is 2.20. The molecule has 1 heterocycles. The van der Waals surface area contributed by atoms with Gasteiger partial charge in [-0.3, -0.25) is 4.68 Å². The lowest BCUT2D eigenvalue weighted by Crippen LogP contribution is -2.36. The van der Waals surface area contributed by atoms with Gasteiger partial charge in [0, 0.05) is 19.0 Å². The normalized spacial score (nSPS) is 28.7. The van der Waals surface area contributed by atoms with E-state index >= 15 is 0 Å². The van der Waals surface area contributed by atoms with Gasteiger partial charge in [0.25, 0.3) is 0 Å². The van der Waals surface area contributed by atoms with Crippen LogP contribution in [-0.2, 0) is 13.0 Å². The Kier molecular flexibility index (Phi) is 4.60. The number of rotatable bonds is 7. The third-order valence-corrected chi connectivity index (χ3v) is 5.95. The number of aromatic nitrogens is 2. The molecule has 0 bridgehead atoms. The third kappa shape index (κ3) is 2.87. The lowest BCUT2D eigenvalue weighted by atomic mass is 9.99. The lowest BCUT2D eigenvalue weighted by molar-refractivity contribution is 0.394. The Bertz CT molecular complexity index is 486. The van der Waals surface area contributed by atoms with Crippen molar-refractivity contribution in [2.45, 2.75) is 65.5 Å². The summed E-state index contributed by atoms with van der Waals surface area (Å²) in [6, 6.07) is 0.583. The van der Waals surface area contributed by atoms with E-state index in [-0.39, 0.29) is 0 Å². The molecule has 3 unspecified atom stereocenters. The van der Waals surface area contributed by atoms with E-state index in [4.69, 9.17) is 11.6 Å². The Labute approximate surface area is 133 Å². The topological polar surface area (TPSA) is 29.9 Å². The van der Waals surface area contributed by atoms with E-state index in [1.54, 1.807) is 0 Å². The summed E-state index contributed by atoms with van der Waals surface area (Å²) in [5, 5.41) is 9.25. The molecule has 0 aromatic carbocycles. The number of hydrogen-bond acceptors (Lipinski definition) is 2. The van der Waals surface area contributed by atoms with Crippen LogP contribution in [0, 0.1) is 24.7 Å². The van der Waals surface area contributed by atoms with Crippen molar-refractivity contribution in [2.24, 2.45) is 17.8 Å². The molecular weight excluding hydrogens is 282 g/mol. The Hall–Kier alpha value is -0.540. The molecule has 4 heteroatoms. The van der Waals surface area contributed by atoms with Crippen molar-refractivity contribution in [2.75, 3.05) is 6.54 Å². The number of nitrogens with one attached hydrogen (secondary N) is 1. The highest BCUT2D eigenvalue weighted by Crippen LogP contribution is 2.59. The maximum atomic E-state index is 6.51. The summed E-state index contributed by atoms with van der Waals surface area (Å²) in [5.74, 6) is 2.84. The zero-order valence-corrected chi connectivity index (χ0v) is 14.3. The van der Waals surface area contributed by atoms with Gasteiger partial charge < -0.3 is 5.32 Å². The maximum absolute atomic E-state index is 6.51. The molecule has 2 aliphatic carbocycles. The molecule has 0 saturated heterocycles. The Morgan fingerprint density at radius 2 is 2.05 bits per heavy atom. The van der Waals surface area contributed by atoms with E-state index in [2.05, 4.69) is 28.9 Å². The van der Waals surface area contributed by atoms with Gasteiger partial charge in [-0.15, -0.1) is 0 Å². The molecule has 0 amide bonds. The Morgan fingerprint density at radius 1 is 1.33 bits per heavy atom. The van der Waals surface area contributed by atoms with Gasteiger partial charge in [0.1, 0.15) is 0 Å². The zero-order valence-electron chi connectivity index (χ0n) is 13.5. The summed E-state index contributed by atoms with van der Waals surface area (Å²) < 4.78 is 2.09. The minimum Gasteiger partial charge on any atom is -0.313 e. The van der Waals surface area contributed by atoms with E-state index < -0.39 is 0 Å². The summed E-state index contributed by atoms with van der Waals surface area (Å²) in [6.45, 7) is 8.41. The molecular formula is C17H28ClN3. The van der Waals surface area contributed by atoms with E-state index in [0.29, 0.717) is 6.04 Å². The molecule has 2 saturated carbocycles. The zero-order chi connectivity index (χ0) is 15.0. The minimum atomic E-state index is 0.583. The average Bonchev–Trinajstić information content (AvgIpc) is 2.83. The second kappa shape index (κ2) is 6.29. The molecule has 118 valence electrons. The second-order valence-corrected chi connectivity index (χ2v) is 7.14. The predicted octanol–water partition coefficient (Wildman–Crippen LogP) is 3.82. The Morgan fingerprint density at radius 3 is 2.67 bits per heavy atom. The monoisotopic (exact) mass is 309 g/mol. The Balaban J connectivity index is 1.75. The first-order valence-electron chi connectivity index (χ1n) is 8.62. The van der Waals surface area contributed by atoms with Crippen LogP contribution >= 0.6 is 11.6 Å². The molecule has 0 aliphatic heterocycles. The van der Waals surface area contributed by atoms with Gasteiger partial charge in [0.05, 0.1) is 16.4 Å². The first-order valence-corrected chi connectivity index (χ1v) is 9.00. The largest absolute Gasteiger partial charge is 0.313 e. The number of fused-ring (bicyclic) bond motifs is 1. The molecule has 1 aromatic rings. The van der Waals surface area contributed by atoms with Crippen molar-refractivity contribution in [3.8, 4) is 0 Å². The van der Waals surface area contributed by atoms with Crippen LogP contribution in [0.4, 0.5) is 0 Å². The summed E-state index contributed by atoms with van der Waals surface area (Å²) >= 11 is 6.51. The second-order valence-electron chi connectivity index (χ2n) is 6.76. The standard InChI is InChI=1S/C17H28ClN3/c1-4-9-19-14(16-12-7-6-8-13(12)16)10-15-17(18)11(3)20-21(15)5-2/h12-14,16,19H,4-10H2,1-3H3. The van der Waals surface area contributed by atoms with Gasteiger partial charge in [0.2, 0.25) is 0 Å². The van der Waals surface area contributed by atoms with Gasteiger partial charge in [-0.25, -0.2) is 0 Å². The SMILES string of the molecule is CCCNC(Cc1c(Cl)c(C)nn1CC)C1C2CCCC21. The number of aryl methyl sites for hydroxylation is 2. The van der Waals surface area contributed by atoms with Crippen LogP contribution < -0.4 is 5.32 Å². The summed E-state index contributed by atoms with van der Waals surface area (Å²) in [7, 11) is 0. The van der Waals surface area contributed by atoms with Crippen LogP contribution in [0.15, 0.2) is 0 Å². The average molecular weight is 310 g/mol. The van der Waals surface area contributed by atoms with Crippen LogP contribution in [0.2, 0.25) is 5.02 Å². The molecule has 2 fully saturated rings. The van der Waals surface area contributed by atoms with Crippen LogP contribution in [-0.4, -0.2) is 22.4 Å². The van der Waals surface area contributed by atoms with E-state index in [1.165, 1.54) is 31.4 Å². The quantitative estimate of drug-likeness (QED) is 0.830. The highest BCUT2D eigenvalue weighted by Gasteiger charge is 2.55. The summed E-state index contributed by atoms with van der Waals surface area (Å²) in [4.78, 5) is 0. The smallest absolute Gasteiger partial charge is 0.0847 e. The molecule has 1 N–H and O–H groups in total. The molecule has 0 spiro atoms. The first-order chi connectivity index (χ1) is 10.2. The molecule has 3 atom stereocenters. The predicted molar refractivity (Wildman–Crippen MR) is 87.8 cm³/mol. The van der Waals surface area contributed by atoms with Crippen LogP contribution in [0.25, 0.3) is 0 Å². The van der Waals surface area contributed by atoms with Crippen molar-refractivity contribution in [1.82, 2.24) is 15.1 Å². The fourth-order valence-electron chi connectivity index (χ4n) is 4.42. The minimum absolute atomic E-state index is 0.583. The first kappa shape index (κ1) is 15.4. The summed E-state index contributed by atoms with van der Waals surface area (Å²) in [6.07, 6.45) is 6.56. The van der Waals surface area contributed by atoms with Gasteiger partial charge in [-0.1, -0.05) is 24.9 Å². The van der Waals surface area contributed by atoms with Crippen molar-refractivity contribution in [1.29, 1.82) is 0 Å². The molecule has 3 rings (SSSR count). The fraction of sp³-hybridized carbons (Fsp3) is 0.824. The van der Waals surface area contributed by atoms with Crippen molar-refractivity contribution < 1.29 is 0 Å². The lowest BCUT2D eigenvalue weighted by Gasteiger charge is -2.21. The molecule has 3 nitrogen and oxygen atoms in total. The molecule has 1 aromatic heterocycles. The molecule has 0 radical (unpaired) electrons. The van der Waals surface area contributed by atoms with Gasteiger partial charge in [-0.2, -0.15) is 5.10 Å². The van der Waals surface area contributed by atoms with E-state index in [0.717, 1.165) is 48.0 Å². The van der Waals surface area contributed by atoms with Gasteiger partial charge in [-0.05, 0) is 57.4 Å². The van der Waals surface area contributed by atoms with E-state index in [9.17, 15) is 0 Å². The number of halogens is 1. The fourth-order valence-corrected chi connectivity index (χ4v) is 4.63. The number of hydrogen-bond donors (Lipinski definition) is 1. The van der Waals surface area contributed by atoms with E-state index in [1.807, 2.05) is 6.92 Å². The van der Waals surface area contributed by atoms with Crippen molar-refractivity contribution in [3.05, 3.63) is 16.4 Å². The van der Waals surface area contributed by atoms with Crippen LogP contribution in [0.5, 0.6) is 0 Å². The highest BCUT2D eigenvalue weighted by atomic mass is 35.5. The van der Waals surface area contributed by atoms with Gasteiger partial charge in [0.15, 0.2) is 0 Å². The van der Waals surface area contributed by atoms with Crippen molar-refractivity contribution >= 4 is 11.6 Å². The van der Waals surface area contributed by atoms with Crippen LogP contribution in [0.3, 0.4) is 0 Å². The highest BCUT2D eigenvalue weighted by molar-refractivity contribution is 6.31. The number of nitrogens with zero attached hydrogens (tertiary/aromatic N) is 2. The molecule has 2 aliphatic rings. The van der Waals surface area contributed by atoms with Crippen LogP contribution in [0.1, 0.15) is 50.9 Å². The molecule has 21 heavy (non-hydrogen) atoms.